The topological polar surface area (TPSA) is 29.7 Å². The first-order valence-corrected chi connectivity index (χ1v) is 8.16. The van der Waals surface area contributed by atoms with Gasteiger partial charge in [-0.1, -0.05) is 0 Å². The van der Waals surface area contributed by atoms with Crippen molar-refractivity contribution in [3.63, 3.8) is 0 Å². The molecule has 0 aromatic rings. The standard InChI is InChI=1S/C7H6N3S4/c1-3-4-6(8-13-11-4)10(2)7-5(3)12-14-9-7/h1-2H3. The first-order valence-electron chi connectivity index (χ1n) is 3.95. The average Bonchev–Trinajstić information content (AvgIpc) is 2.82. The number of fused-ring (bicyclic) bond motifs is 1. The van der Waals surface area contributed by atoms with E-state index in [1.54, 1.807) is 43.5 Å². The van der Waals surface area contributed by atoms with Crippen LogP contribution in [0.2, 0.25) is 0 Å². The van der Waals surface area contributed by atoms with Gasteiger partial charge in [-0.25, -0.2) is 0 Å². The van der Waals surface area contributed by atoms with Crippen LogP contribution < -0.4 is 4.72 Å². The Morgan fingerprint density at radius 1 is 1.14 bits per heavy atom. The van der Waals surface area contributed by atoms with E-state index in [0.29, 0.717) is 0 Å². The number of likely N-dealkylation sites (N-methyl/N-ethyl adjacent to an activating group) is 1. The van der Waals surface area contributed by atoms with Crippen LogP contribution in [-0.4, -0.2) is 17.8 Å². The number of hydrogen-bond donors (Lipinski definition) is 0. The molecule has 3 aliphatic heterocycles. The van der Waals surface area contributed by atoms with Crippen LogP contribution >= 0.6 is 43.5 Å². The van der Waals surface area contributed by atoms with Gasteiger partial charge in [-0.3, -0.25) is 0 Å². The summed E-state index contributed by atoms with van der Waals surface area (Å²) in [5.74, 6) is 2.12. The van der Waals surface area contributed by atoms with Crippen LogP contribution in [0, 0.1) is 0 Å². The maximum absolute atomic E-state index is 4.40. The highest BCUT2D eigenvalue weighted by molar-refractivity contribution is 8.79. The zero-order valence-electron chi connectivity index (χ0n) is 7.47. The molecule has 3 aliphatic rings. The van der Waals surface area contributed by atoms with Crippen LogP contribution in [0.3, 0.4) is 0 Å². The maximum Gasteiger partial charge on any atom is 0.158 e. The van der Waals surface area contributed by atoms with Gasteiger partial charge in [-0.05, 0) is 34.1 Å². The van der Waals surface area contributed by atoms with Crippen molar-refractivity contribution >= 4 is 49.4 Å². The fraction of sp³-hybridized carbons (Fsp3) is 0.286. The van der Waals surface area contributed by atoms with Gasteiger partial charge in [0.1, 0.15) is 0 Å². The zero-order chi connectivity index (χ0) is 9.71. The van der Waals surface area contributed by atoms with Crippen molar-refractivity contribution in [3.05, 3.63) is 21.2 Å². The second kappa shape index (κ2) is 3.33. The monoisotopic (exact) mass is 260 g/mol. The molecule has 3 nitrogen and oxygen atoms in total. The summed E-state index contributed by atoms with van der Waals surface area (Å²) in [5.41, 5.74) is 1.32. The molecule has 0 unspecified atom stereocenters. The number of allylic oxidation sites excluding steroid dienone is 1. The molecule has 0 saturated carbocycles. The Balaban J connectivity index is 2.17. The highest BCUT2D eigenvalue weighted by Crippen LogP contribution is 2.53. The number of amidine groups is 1. The molecule has 0 amide bonds. The van der Waals surface area contributed by atoms with Crippen LogP contribution in [0.15, 0.2) is 25.6 Å². The van der Waals surface area contributed by atoms with Gasteiger partial charge in [0, 0.05) is 7.05 Å². The van der Waals surface area contributed by atoms with Crippen LogP contribution in [-0.2, 0) is 0 Å². The predicted octanol–water partition coefficient (Wildman–Crippen LogP) is 3.00. The summed E-state index contributed by atoms with van der Waals surface area (Å²) < 4.78 is 8.80. The summed E-state index contributed by atoms with van der Waals surface area (Å²) >= 11 is 0. The molecule has 0 fully saturated rings. The van der Waals surface area contributed by atoms with Crippen LogP contribution in [0.25, 0.3) is 0 Å². The highest BCUT2D eigenvalue weighted by atomic mass is 33.1. The summed E-state index contributed by atoms with van der Waals surface area (Å²) in [6.45, 7) is 2.15. The SMILES string of the molecule is CC1=C2SSN=C2N(C)C2=C1SS[N]2. The average molecular weight is 260 g/mol. The largest absolute Gasteiger partial charge is 0.311 e. The van der Waals surface area contributed by atoms with Gasteiger partial charge in [0.2, 0.25) is 0 Å². The third-order valence-corrected chi connectivity index (χ3v) is 6.06. The molecule has 7 heteroatoms. The fourth-order valence-electron chi connectivity index (χ4n) is 1.43. The lowest BCUT2D eigenvalue weighted by molar-refractivity contribution is 0.597. The second-order valence-corrected chi connectivity index (χ2v) is 6.70. The van der Waals surface area contributed by atoms with Crippen LogP contribution in [0.5, 0.6) is 0 Å². The quantitative estimate of drug-likeness (QED) is 0.493. The Kier molecular flexibility index (Phi) is 2.23. The van der Waals surface area contributed by atoms with Gasteiger partial charge in [0.05, 0.1) is 31.8 Å². The van der Waals surface area contributed by atoms with Crippen molar-refractivity contribution in [1.29, 1.82) is 0 Å². The van der Waals surface area contributed by atoms with Crippen molar-refractivity contribution in [2.45, 2.75) is 6.92 Å². The Bertz CT molecular complexity index is 398. The van der Waals surface area contributed by atoms with Gasteiger partial charge in [0.25, 0.3) is 0 Å². The van der Waals surface area contributed by atoms with E-state index in [9.17, 15) is 0 Å². The molecular formula is C7H6N3S4. The van der Waals surface area contributed by atoms with E-state index < -0.39 is 0 Å². The molecule has 3 heterocycles. The Morgan fingerprint density at radius 2 is 1.93 bits per heavy atom. The Morgan fingerprint density at radius 3 is 2.79 bits per heavy atom. The number of rotatable bonds is 0. The van der Waals surface area contributed by atoms with E-state index in [4.69, 9.17) is 0 Å². The molecule has 0 N–H and O–H groups in total. The number of nitrogens with zero attached hydrogens (tertiary/aromatic N) is 3. The minimum atomic E-state index is 1.06. The molecule has 0 bridgehead atoms. The van der Waals surface area contributed by atoms with E-state index in [1.165, 1.54) is 15.4 Å². The Hall–Kier alpha value is 0.150. The molecule has 14 heavy (non-hydrogen) atoms. The summed E-state index contributed by atoms with van der Waals surface area (Å²) in [6.07, 6.45) is 0. The molecule has 0 aromatic carbocycles. The van der Waals surface area contributed by atoms with Crippen molar-refractivity contribution in [2.75, 3.05) is 7.05 Å². The van der Waals surface area contributed by atoms with E-state index in [-0.39, 0.29) is 0 Å². The minimum absolute atomic E-state index is 1.06. The third kappa shape index (κ3) is 1.16. The van der Waals surface area contributed by atoms with Gasteiger partial charge in [-0.15, -0.1) is 0 Å². The summed E-state index contributed by atoms with van der Waals surface area (Å²) in [5, 5.41) is 0. The summed E-state index contributed by atoms with van der Waals surface area (Å²) in [6, 6.07) is 0. The van der Waals surface area contributed by atoms with Gasteiger partial charge < -0.3 is 4.90 Å². The molecule has 3 rings (SSSR count). The van der Waals surface area contributed by atoms with Crippen molar-refractivity contribution in [3.8, 4) is 0 Å². The van der Waals surface area contributed by atoms with Crippen molar-refractivity contribution in [2.24, 2.45) is 4.40 Å². The predicted molar refractivity (Wildman–Crippen MR) is 67.4 cm³/mol. The van der Waals surface area contributed by atoms with Gasteiger partial charge in [-0.2, -0.15) is 9.12 Å². The van der Waals surface area contributed by atoms with E-state index in [2.05, 4.69) is 20.9 Å². The summed E-state index contributed by atoms with van der Waals surface area (Å²) in [7, 11) is 8.60. The minimum Gasteiger partial charge on any atom is -0.311 e. The normalized spacial score (nSPS) is 25.0. The van der Waals surface area contributed by atoms with E-state index >= 15 is 0 Å². The lowest BCUT2D eigenvalue weighted by Crippen LogP contribution is -2.31. The lowest BCUT2D eigenvalue weighted by atomic mass is 10.2. The van der Waals surface area contributed by atoms with Crippen LogP contribution in [0.4, 0.5) is 0 Å². The van der Waals surface area contributed by atoms with Crippen molar-refractivity contribution in [1.82, 2.24) is 9.62 Å². The number of hydrogen-bond acceptors (Lipinski definition) is 6. The molecule has 73 valence electrons. The first-order chi connectivity index (χ1) is 6.79. The van der Waals surface area contributed by atoms with Gasteiger partial charge in [0.15, 0.2) is 11.7 Å². The third-order valence-electron chi connectivity index (χ3n) is 2.21. The maximum atomic E-state index is 4.40. The molecular weight excluding hydrogens is 254 g/mol. The lowest BCUT2D eigenvalue weighted by Gasteiger charge is -2.25. The molecule has 0 aromatic heterocycles. The Labute approximate surface area is 98.3 Å². The van der Waals surface area contributed by atoms with E-state index in [1.807, 2.05) is 7.05 Å². The first kappa shape index (κ1) is 9.38. The summed E-state index contributed by atoms with van der Waals surface area (Å²) in [4.78, 5) is 4.67. The smallest absolute Gasteiger partial charge is 0.158 e. The molecule has 0 aliphatic carbocycles. The van der Waals surface area contributed by atoms with Gasteiger partial charge >= 0.3 is 0 Å². The highest BCUT2D eigenvalue weighted by Gasteiger charge is 2.35. The molecule has 0 spiro atoms. The molecule has 0 saturated heterocycles. The zero-order valence-corrected chi connectivity index (χ0v) is 10.7. The van der Waals surface area contributed by atoms with Crippen LogP contribution in [0.1, 0.15) is 6.92 Å². The van der Waals surface area contributed by atoms with E-state index in [0.717, 1.165) is 11.7 Å². The molecule has 1 radical (unpaired) electrons. The fourth-order valence-corrected chi connectivity index (χ4v) is 5.66. The molecule has 0 atom stereocenters. The van der Waals surface area contributed by atoms with Crippen molar-refractivity contribution < 1.29 is 0 Å². The second-order valence-electron chi connectivity index (χ2n) is 2.99.